The first kappa shape index (κ1) is 18.3. The third-order valence-electron chi connectivity index (χ3n) is 4.64. The largest absolute Gasteiger partial charge is 0.485 e. The van der Waals surface area contributed by atoms with Gasteiger partial charge >= 0.3 is 6.18 Å². The molecule has 2 aromatic rings. The fraction of sp³-hybridized carbons (Fsp3) is 0.389. The van der Waals surface area contributed by atoms with E-state index in [4.69, 9.17) is 9.47 Å². The zero-order chi connectivity index (χ0) is 19.7. The number of piperazine rings is 1. The Bertz CT molecular complexity index is 869. The Balaban J connectivity index is 1.38. The number of anilines is 1. The highest BCUT2D eigenvalue weighted by atomic mass is 19.4. The number of hydrogen-bond acceptors (Lipinski definition) is 6. The van der Waals surface area contributed by atoms with Crippen LogP contribution < -0.4 is 14.4 Å². The minimum Gasteiger partial charge on any atom is -0.485 e. The third-order valence-corrected chi connectivity index (χ3v) is 4.64. The first-order valence-electron chi connectivity index (χ1n) is 8.73. The number of para-hydroxylation sites is 2. The van der Waals surface area contributed by atoms with Crippen molar-refractivity contribution in [2.24, 2.45) is 0 Å². The van der Waals surface area contributed by atoms with Gasteiger partial charge in [-0.2, -0.15) is 13.2 Å². The summed E-state index contributed by atoms with van der Waals surface area (Å²) in [5.41, 5.74) is -0.984. The van der Waals surface area contributed by atoms with Gasteiger partial charge in [-0.25, -0.2) is 9.97 Å². The molecule has 0 aliphatic carbocycles. The SMILES string of the molecule is O=C([C@@H]1COc2ccccc2O1)N1CCN(c2cc(C(F)(F)F)ncn2)CC1. The first-order chi connectivity index (χ1) is 13.4. The number of aromatic nitrogens is 2. The van der Waals surface area contributed by atoms with E-state index in [1.165, 1.54) is 0 Å². The van der Waals surface area contributed by atoms with Gasteiger partial charge in [-0.3, -0.25) is 4.79 Å². The highest BCUT2D eigenvalue weighted by Crippen LogP contribution is 2.32. The van der Waals surface area contributed by atoms with Crippen molar-refractivity contribution in [3.8, 4) is 11.5 Å². The van der Waals surface area contributed by atoms with Crippen LogP contribution in [0.2, 0.25) is 0 Å². The summed E-state index contributed by atoms with van der Waals surface area (Å²) in [7, 11) is 0. The first-order valence-corrected chi connectivity index (χ1v) is 8.73. The maximum absolute atomic E-state index is 12.8. The van der Waals surface area contributed by atoms with Gasteiger partial charge in [0.25, 0.3) is 5.91 Å². The van der Waals surface area contributed by atoms with Crippen molar-refractivity contribution in [3.05, 3.63) is 42.4 Å². The fourth-order valence-electron chi connectivity index (χ4n) is 3.18. The molecule has 0 spiro atoms. The van der Waals surface area contributed by atoms with Gasteiger partial charge in [0.05, 0.1) is 0 Å². The molecule has 28 heavy (non-hydrogen) atoms. The molecule has 1 amide bonds. The van der Waals surface area contributed by atoms with Gasteiger partial charge in [0.1, 0.15) is 24.4 Å². The minimum absolute atomic E-state index is 0.122. The average Bonchev–Trinajstić information content (AvgIpc) is 2.72. The highest BCUT2D eigenvalue weighted by Gasteiger charge is 2.35. The van der Waals surface area contributed by atoms with E-state index < -0.39 is 18.0 Å². The van der Waals surface area contributed by atoms with Gasteiger partial charge in [-0.1, -0.05) is 12.1 Å². The number of alkyl halides is 3. The van der Waals surface area contributed by atoms with Crippen LogP contribution >= 0.6 is 0 Å². The van der Waals surface area contributed by atoms with E-state index in [9.17, 15) is 18.0 Å². The van der Waals surface area contributed by atoms with Gasteiger partial charge in [-0.05, 0) is 12.1 Å². The summed E-state index contributed by atoms with van der Waals surface area (Å²) in [5.74, 6) is 1.11. The number of carbonyl (C=O) groups excluding carboxylic acids is 1. The molecule has 148 valence electrons. The second-order valence-corrected chi connectivity index (χ2v) is 6.44. The molecule has 1 atom stereocenters. The van der Waals surface area contributed by atoms with Crippen LogP contribution in [0, 0.1) is 0 Å². The fourth-order valence-corrected chi connectivity index (χ4v) is 3.18. The van der Waals surface area contributed by atoms with Crippen LogP contribution in [0.25, 0.3) is 0 Å². The zero-order valence-corrected chi connectivity index (χ0v) is 14.7. The predicted octanol–water partition coefficient (Wildman–Crippen LogP) is 1.98. The van der Waals surface area contributed by atoms with E-state index >= 15 is 0 Å². The van der Waals surface area contributed by atoms with E-state index in [1.807, 2.05) is 6.07 Å². The molecular formula is C18H17F3N4O3. The van der Waals surface area contributed by atoms with E-state index in [0.717, 1.165) is 12.4 Å². The molecule has 3 heterocycles. The Morgan fingerprint density at radius 1 is 1.07 bits per heavy atom. The van der Waals surface area contributed by atoms with Crippen LogP contribution in [-0.4, -0.2) is 59.7 Å². The van der Waals surface area contributed by atoms with Crippen molar-refractivity contribution in [3.63, 3.8) is 0 Å². The number of amides is 1. The zero-order valence-electron chi connectivity index (χ0n) is 14.7. The highest BCUT2D eigenvalue weighted by molar-refractivity contribution is 5.82. The summed E-state index contributed by atoms with van der Waals surface area (Å²) in [6, 6.07) is 8.05. The van der Waals surface area contributed by atoms with Crippen molar-refractivity contribution in [2.45, 2.75) is 12.3 Å². The lowest BCUT2D eigenvalue weighted by molar-refractivity contribution is -0.141. The van der Waals surface area contributed by atoms with Crippen LogP contribution in [0.1, 0.15) is 5.69 Å². The molecule has 0 N–H and O–H groups in total. The Morgan fingerprint density at radius 3 is 2.50 bits per heavy atom. The van der Waals surface area contributed by atoms with Gasteiger partial charge in [-0.15, -0.1) is 0 Å². The van der Waals surface area contributed by atoms with Crippen molar-refractivity contribution < 1.29 is 27.4 Å². The Labute approximate surface area is 158 Å². The lowest BCUT2D eigenvalue weighted by Crippen LogP contribution is -2.54. The van der Waals surface area contributed by atoms with Gasteiger partial charge in [0, 0.05) is 32.2 Å². The van der Waals surface area contributed by atoms with Gasteiger partial charge < -0.3 is 19.3 Å². The number of ether oxygens (including phenoxy) is 2. The summed E-state index contributed by atoms with van der Waals surface area (Å²) in [6.07, 6.45) is -4.36. The Hall–Kier alpha value is -3.04. The Kier molecular flexibility index (Phi) is 4.70. The summed E-state index contributed by atoms with van der Waals surface area (Å²) >= 11 is 0. The van der Waals surface area contributed by atoms with E-state index in [-0.39, 0.29) is 18.3 Å². The molecule has 2 aliphatic heterocycles. The van der Waals surface area contributed by atoms with E-state index in [0.29, 0.717) is 37.7 Å². The molecule has 2 aliphatic rings. The van der Waals surface area contributed by atoms with Crippen LogP contribution in [0.15, 0.2) is 36.7 Å². The number of hydrogen-bond donors (Lipinski definition) is 0. The smallest absolute Gasteiger partial charge is 0.433 e. The summed E-state index contributed by atoms with van der Waals surface area (Å²) in [6.45, 7) is 1.56. The topological polar surface area (TPSA) is 67.8 Å². The summed E-state index contributed by atoms with van der Waals surface area (Å²) in [5, 5.41) is 0. The number of rotatable bonds is 2. The monoisotopic (exact) mass is 394 g/mol. The minimum atomic E-state index is -4.52. The third kappa shape index (κ3) is 3.67. The van der Waals surface area contributed by atoms with E-state index in [1.54, 1.807) is 28.0 Å². The normalized spacial score (nSPS) is 19.5. The van der Waals surface area contributed by atoms with Crippen LogP contribution in [0.4, 0.5) is 19.0 Å². The molecule has 10 heteroatoms. The van der Waals surface area contributed by atoms with Crippen LogP contribution in [0.3, 0.4) is 0 Å². The van der Waals surface area contributed by atoms with Crippen molar-refractivity contribution in [2.75, 3.05) is 37.7 Å². The van der Waals surface area contributed by atoms with Crippen molar-refractivity contribution >= 4 is 11.7 Å². The van der Waals surface area contributed by atoms with Crippen LogP contribution in [-0.2, 0) is 11.0 Å². The molecule has 0 unspecified atom stereocenters. The van der Waals surface area contributed by atoms with Crippen molar-refractivity contribution in [1.29, 1.82) is 0 Å². The number of carbonyl (C=O) groups is 1. The van der Waals surface area contributed by atoms with Crippen LogP contribution in [0.5, 0.6) is 11.5 Å². The number of benzene rings is 1. The number of fused-ring (bicyclic) bond motifs is 1. The Morgan fingerprint density at radius 2 is 1.79 bits per heavy atom. The van der Waals surface area contributed by atoms with Crippen molar-refractivity contribution in [1.82, 2.24) is 14.9 Å². The molecule has 0 bridgehead atoms. The summed E-state index contributed by atoms with van der Waals surface area (Å²) < 4.78 is 49.8. The molecular weight excluding hydrogens is 377 g/mol. The predicted molar refractivity (Wildman–Crippen MR) is 92.2 cm³/mol. The molecule has 4 rings (SSSR count). The molecule has 1 aromatic heterocycles. The lowest BCUT2D eigenvalue weighted by atomic mass is 10.2. The standard InChI is InChI=1S/C18H17F3N4O3/c19-18(20,21)15-9-16(23-11-22-15)24-5-7-25(8-6-24)17(26)14-10-27-12-3-1-2-4-13(12)28-14/h1-4,9,11,14H,5-8,10H2/t14-/m0/s1. The summed E-state index contributed by atoms with van der Waals surface area (Å²) in [4.78, 5) is 23.3. The molecule has 7 nitrogen and oxygen atoms in total. The molecule has 0 saturated carbocycles. The lowest BCUT2D eigenvalue weighted by Gasteiger charge is -2.37. The number of halogens is 3. The maximum Gasteiger partial charge on any atom is 0.433 e. The second-order valence-electron chi connectivity index (χ2n) is 6.44. The maximum atomic E-state index is 12.8. The molecule has 1 aromatic carbocycles. The second kappa shape index (κ2) is 7.17. The average molecular weight is 394 g/mol. The quantitative estimate of drug-likeness (QED) is 0.776. The molecule has 1 saturated heterocycles. The molecule has 0 radical (unpaired) electrons. The van der Waals surface area contributed by atoms with Gasteiger partial charge in [0.2, 0.25) is 6.10 Å². The van der Waals surface area contributed by atoms with E-state index in [2.05, 4.69) is 9.97 Å². The number of nitrogens with zero attached hydrogens (tertiary/aromatic N) is 4. The van der Waals surface area contributed by atoms with Gasteiger partial charge in [0.15, 0.2) is 11.5 Å². The molecule has 1 fully saturated rings.